The second kappa shape index (κ2) is 10.7. The third kappa shape index (κ3) is 4.63. The molecule has 2 nitrogen and oxygen atoms in total. The van der Waals surface area contributed by atoms with Gasteiger partial charge in [0.05, 0.1) is 13.2 Å². The van der Waals surface area contributed by atoms with Crippen LogP contribution in [0.3, 0.4) is 0 Å². The van der Waals surface area contributed by atoms with Crippen LogP contribution in [0.25, 0.3) is 21.5 Å². The van der Waals surface area contributed by atoms with Crippen molar-refractivity contribution in [3.8, 4) is 35.2 Å². The number of hydrogen-bond acceptors (Lipinski definition) is 2. The van der Waals surface area contributed by atoms with E-state index in [0.717, 1.165) is 55.3 Å². The maximum absolute atomic E-state index is 6.12. The lowest BCUT2D eigenvalue weighted by molar-refractivity contribution is 0.343. The van der Waals surface area contributed by atoms with Crippen molar-refractivity contribution >= 4 is 21.5 Å². The first-order valence-corrected chi connectivity index (χ1v) is 12.2. The Bertz CT molecular complexity index is 1580. The summed E-state index contributed by atoms with van der Waals surface area (Å²) in [5.41, 5.74) is 3.75. The predicted octanol–water partition coefficient (Wildman–Crippen LogP) is 7.59. The van der Waals surface area contributed by atoms with E-state index in [1.807, 2.05) is 98.8 Å². The highest BCUT2D eigenvalue weighted by Crippen LogP contribution is 2.41. The number of rotatable bonds is 4. The summed E-state index contributed by atoms with van der Waals surface area (Å²) in [6, 6.07) is 32.3. The molecule has 5 aromatic rings. The Labute approximate surface area is 212 Å². The van der Waals surface area contributed by atoms with Gasteiger partial charge in [0.1, 0.15) is 11.5 Å². The minimum atomic E-state index is 0.556. The molecule has 0 heterocycles. The van der Waals surface area contributed by atoms with Crippen molar-refractivity contribution in [2.45, 2.75) is 13.8 Å². The van der Waals surface area contributed by atoms with Gasteiger partial charge >= 0.3 is 0 Å². The summed E-state index contributed by atoms with van der Waals surface area (Å²) in [6.07, 6.45) is 0. The van der Waals surface area contributed by atoms with Crippen molar-refractivity contribution in [1.29, 1.82) is 0 Å². The monoisotopic (exact) mass is 466 g/mol. The minimum Gasteiger partial charge on any atom is -0.493 e. The van der Waals surface area contributed by atoms with Gasteiger partial charge in [-0.05, 0) is 50.2 Å². The van der Waals surface area contributed by atoms with Gasteiger partial charge in [-0.1, -0.05) is 84.3 Å². The van der Waals surface area contributed by atoms with Crippen LogP contribution in [0.4, 0.5) is 0 Å². The predicted molar refractivity (Wildman–Crippen MR) is 149 cm³/mol. The SMILES string of the molecule is CCOc1cccc2c(C#Cc3ccccc3)c3cccc(OCC)c3c(C#Cc3ccccc3)c12. The summed E-state index contributed by atoms with van der Waals surface area (Å²) in [4.78, 5) is 0. The Hall–Kier alpha value is -4.66. The van der Waals surface area contributed by atoms with E-state index in [1.54, 1.807) is 0 Å². The van der Waals surface area contributed by atoms with E-state index in [9.17, 15) is 0 Å². The van der Waals surface area contributed by atoms with Gasteiger partial charge in [0.25, 0.3) is 0 Å². The molecule has 5 rings (SSSR count). The molecule has 5 aromatic carbocycles. The van der Waals surface area contributed by atoms with Crippen LogP contribution in [0.15, 0.2) is 97.1 Å². The average Bonchev–Trinajstić information content (AvgIpc) is 2.92. The van der Waals surface area contributed by atoms with Gasteiger partial charge in [-0.3, -0.25) is 0 Å². The van der Waals surface area contributed by atoms with E-state index in [1.165, 1.54) is 0 Å². The topological polar surface area (TPSA) is 18.5 Å². The van der Waals surface area contributed by atoms with Gasteiger partial charge in [0, 0.05) is 43.8 Å². The molecule has 0 spiro atoms. The van der Waals surface area contributed by atoms with E-state index in [0.29, 0.717) is 13.2 Å². The van der Waals surface area contributed by atoms with Crippen molar-refractivity contribution < 1.29 is 9.47 Å². The standard InChI is InChI=1S/C34H26O2/c1-3-35-31-19-11-17-28-27(23-21-25-13-7-5-8-14-25)29-18-12-20-32(36-4-2)34(29)30(33(28)31)24-22-26-15-9-6-10-16-26/h5-20H,3-4H2,1-2H3. The molecule has 0 unspecified atom stereocenters. The smallest absolute Gasteiger partial charge is 0.128 e. The lowest BCUT2D eigenvalue weighted by Crippen LogP contribution is -1.99. The quantitative estimate of drug-likeness (QED) is 0.201. The molecule has 0 aliphatic heterocycles. The maximum atomic E-state index is 6.12. The van der Waals surface area contributed by atoms with E-state index < -0.39 is 0 Å². The molecule has 174 valence electrons. The normalized spacial score (nSPS) is 10.3. The van der Waals surface area contributed by atoms with Crippen LogP contribution in [-0.2, 0) is 0 Å². The molecular formula is C34H26O2. The fraction of sp³-hybridized carbons (Fsp3) is 0.118. The molecule has 0 amide bonds. The van der Waals surface area contributed by atoms with Gasteiger partial charge in [0.15, 0.2) is 0 Å². The highest BCUT2D eigenvalue weighted by molar-refractivity contribution is 6.13. The summed E-state index contributed by atoms with van der Waals surface area (Å²) in [7, 11) is 0. The molecule has 0 radical (unpaired) electrons. The maximum Gasteiger partial charge on any atom is 0.128 e. The fourth-order valence-electron chi connectivity index (χ4n) is 4.39. The minimum absolute atomic E-state index is 0.556. The molecule has 36 heavy (non-hydrogen) atoms. The zero-order valence-electron chi connectivity index (χ0n) is 20.5. The summed E-state index contributed by atoms with van der Waals surface area (Å²) < 4.78 is 12.2. The molecule has 2 heteroatoms. The molecule has 0 saturated carbocycles. The lowest BCUT2D eigenvalue weighted by atomic mass is 9.90. The Balaban J connectivity index is 1.91. The zero-order valence-corrected chi connectivity index (χ0v) is 20.5. The molecule has 0 aromatic heterocycles. The third-order valence-corrected chi connectivity index (χ3v) is 5.90. The molecule has 0 atom stereocenters. The number of hydrogen-bond donors (Lipinski definition) is 0. The summed E-state index contributed by atoms with van der Waals surface area (Å²) in [5, 5.41) is 3.95. The Morgan fingerprint density at radius 3 is 1.36 bits per heavy atom. The molecule has 0 bridgehead atoms. The zero-order chi connectivity index (χ0) is 24.7. The van der Waals surface area contributed by atoms with E-state index in [-0.39, 0.29) is 0 Å². The third-order valence-electron chi connectivity index (χ3n) is 5.90. The molecule has 0 N–H and O–H groups in total. The van der Waals surface area contributed by atoms with Gasteiger partial charge < -0.3 is 9.47 Å². The Morgan fingerprint density at radius 1 is 0.472 bits per heavy atom. The second-order valence-electron chi connectivity index (χ2n) is 8.21. The van der Waals surface area contributed by atoms with Crippen LogP contribution >= 0.6 is 0 Å². The lowest BCUT2D eigenvalue weighted by Gasteiger charge is -2.17. The van der Waals surface area contributed by atoms with Gasteiger partial charge in [-0.2, -0.15) is 0 Å². The first-order chi connectivity index (χ1) is 17.8. The number of ether oxygens (including phenoxy) is 2. The first kappa shape index (κ1) is 23.1. The second-order valence-corrected chi connectivity index (χ2v) is 8.21. The van der Waals surface area contributed by atoms with Gasteiger partial charge in [-0.25, -0.2) is 0 Å². The number of benzene rings is 5. The highest BCUT2D eigenvalue weighted by atomic mass is 16.5. The van der Waals surface area contributed by atoms with Crippen LogP contribution in [0.5, 0.6) is 11.5 Å². The summed E-state index contributed by atoms with van der Waals surface area (Å²) in [5.74, 6) is 15.3. The summed E-state index contributed by atoms with van der Waals surface area (Å²) in [6.45, 7) is 5.11. The summed E-state index contributed by atoms with van der Waals surface area (Å²) >= 11 is 0. The van der Waals surface area contributed by atoms with Crippen LogP contribution < -0.4 is 9.47 Å². The molecule has 0 aliphatic carbocycles. The molecule has 0 fully saturated rings. The van der Waals surface area contributed by atoms with E-state index in [4.69, 9.17) is 9.47 Å². The molecule has 0 aliphatic rings. The fourth-order valence-corrected chi connectivity index (χ4v) is 4.39. The number of fused-ring (bicyclic) bond motifs is 2. The van der Waals surface area contributed by atoms with Crippen molar-refractivity contribution in [3.63, 3.8) is 0 Å². The van der Waals surface area contributed by atoms with Crippen LogP contribution in [0.1, 0.15) is 36.1 Å². The highest BCUT2D eigenvalue weighted by Gasteiger charge is 2.18. The van der Waals surface area contributed by atoms with Gasteiger partial charge in [0.2, 0.25) is 0 Å². The van der Waals surface area contributed by atoms with Crippen LogP contribution in [0, 0.1) is 23.7 Å². The van der Waals surface area contributed by atoms with Crippen LogP contribution in [0.2, 0.25) is 0 Å². The Kier molecular flexibility index (Phi) is 6.88. The Morgan fingerprint density at radius 2 is 0.917 bits per heavy atom. The van der Waals surface area contributed by atoms with Crippen molar-refractivity contribution in [3.05, 3.63) is 119 Å². The molecule has 0 saturated heterocycles. The van der Waals surface area contributed by atoms with E-state index >= 15 is 0 Å². The van der Waals surface area contributed by atoms with Crippen molar-refractivity contribution in [2.75, 3.05) is 13.2 Å². The molecular weight excluding hydrogens is 440 g/mol. The van der Waals surface area contributed by atoms with Crippen LogP contribution in [-0.4, -0.2) is 13.2 Å². The van der Waals surface area contributed by atoms with Gasteiger partial charge in [-0.15, -0.1) is 0 Å². The largest absolute Gasteiger partial charge is 0.493 e. The van der Waals surface area contributed by atoms with Crippen molar-refractivity contribution in [2.24, 2.45) is 0 Å². The van der Waals surface area contributed by atoms with Crippen molar-refractivity contribution in [1.82, 2.24) is 0 Å². The van der Waals surface area contributed by atoms with E-state index in [2.05, 4.69) is 35.8 Å². The first-order valence-electron chi connectivity index (χ1n) is 12.2. The average molecular weight is 467 g/mol.